The normalized spacial score (nSPS) is 20.4. The summed E-state index contributed by atoms with van der Waals surface area (Å²) in [6.07, 6.45) is 8.35. The molecule has 2 heterocycles. The van der Waals surface area contributed by atoms with E-state index in [-0.39, 0.29) is 12.0 Å². The third-order valence-electron chi connectivity index (χ3n) is 5.41. The Kier molecular flexibility index (Phi) is 6.65. The summed E-state index contributed by atoms with van der Waals surface area (Å²) in [5, 5.41) is 8.22. The number of carbonyl (C=O) groups excluding carboxylic acids is 1. The smallest absolute Gasteiger partial charge is 0.230 e. The van der Waals surface area contributed by atoms with Crippen LogP contribution in [0.4, 0.5) is 5.82 Å². The van der Waals surface area contributed by atoms with Gasteiger partial charge in [-0.3, -0.25) is 4.79 Å². The summed E-state index contributed by atoms with van der Waals surface area (Å²) >= 11 is 1.40. The van der Waals surface area contributed by atoms with Crippen LogP contribution in [-0.2, 0) is 9.53 Å². The maximum absolute atomic E-state index is 12.3. The van der Waals surface area contributed by atoms with Gasteiger partial charge in [-0.15, -0.1) is 0 Å². The molecule has 28 heavy (non-hydrogen) atoms. The van der Waals surface area contributed by atoms with Crippen LogP contribution in [0, 0.1) is 0 Å². The second-order valence-corrected chi connectivity index (χ2v) is 8.52. The Balaban J connectivity index is 1.40. The molecule has 150 valence electrons. The molecule has 1 atom stereocenters. The molecule has 1 amide bonds. The lowest BCUT2D eigenvalue weighted by atomic mass is 9.95. The van der Waals surface area contributed by atoms with Gasteiger partial charge in [0.25, 0.3) is 0 Å². The van der Waals surface area contributed by atoms with Gasteiger partial charge >= 0.3 is 0 Å². The van der Waals surface area contributed by atoms with E-state index in [1.54, 1.807) is 0 Å². The number of rotatable bonds is 7. The number of amides is 1. The van der Waals surface area contributed by atoms with E-state index < -0.39 is 0 Å². The third-order valence-corrected chi connectivity index (χ3v) is 6.25. The summed E-state index contributed by atoms with van der Waals surface area (Å²) < 4.78 is 5.70. The Morgan fingerprint density at radius 1 is 1.11 bits per heavy atom. The molecule has 1 aliphatic heterocycles. The molecule has 2 fully saturated rings. The predicted molar refractivity (Wildman–Crippen MR) is 113 cm³/mol. The monoisotopic (exact) mass is 400 g/mol. The number of aromatic nitrogens is 2. The minimum Gasteiger partial charge on any atom is -0.376 e. The highest BCUT2D eigenvalue weighted by atomic mass is 32.2. The molecule has 0 unspecified atom stereocenters. The van der Waals surface area contributed by atoms with Crippen molar-refractivity contribution in [2.45, 2.75) is 62.2 Å². The van der Waals surface area contributed by atoms with Crippen LogP contribution in [0.2, 0.25) is 0 Å². The van der Waals surface area contributed by atoms with Gasteiger partial charge in [0.05, 0.1) is 17.4 Å². The number of hydrogen-bond donors (Lipinski definition) is 2. The average Bonchev–Trinajstić information content (AvgIpc) is 3.25. The lowest BCUT2D eigenvalue weighted by Gasteiger charge is -2.22. The van der Waals surface area contributed by atoms with Gasteiger partial charge in [0.2, 0.25) is 5.91 Å². The largest absolute Gasteiger partial charge is 0.376 e. The quantitative estimate of drug-likeness (QED) is 0.544. The fourth-order valence-electron chi connectivity index (χ4n) is 3.92. The van der Waals surface area contributed by atoms with Gasteiger partial charge in [-0.25, -0.2) is 9.97 Å². The Hall–Kier alpha value is -1.86. The van der Waals surface area contributed by atoms with E-state index >= 15 is 0 Å². The van der Waals surface area contributed by atoms with Crippen LogP contribution in [0.3, 0.4) is 0 Å². The number of nitrogens with one attached hydrogen (secondary N) is 2. The number of para-hydroxylation sites is 1. The zero-order valence-electron chi connectivity index (χ0n) is 16.2. The van der Waals surface area contributed by atoms with Crippen molar-refractivity contribution in [3.05, 3.63) is 24.3 Å². The first-order chi connectivity index (χ1) is 13.8. The standard InChI is InChI=1S/C21H28N4O2S/c26-19(23-15-7-2-1-3-8-15)14-28-21-24-18-11-5-4-10-17(18)20(25-21)22-13-16-9-6-12-27-16/h4-5,10-11,15-16H,1-3,6-9,12-14H2,(H,23,26)(H,22,24,25)/t16-/m0/s1. The van der Waals surface area contributed by atoms with Gasteiger partial charge in [0.1, 0.15) is 5.82 Å². The predicted octanol–water partition coefficient (Wildman–Crippen LogP) is 3.76. The van der Waals surface area contributed by atoms with Crippen molar-refractivity contribution >= 4 is 34.4 Å². The van der Waals surface area contributed by atoms with Crippen LogP contribution in [-0.4, -0.2) is 46.9 Å². The van der Waals surface area contributed by atoms with Gasteiger partial charge in [0, 0.05) is 24.6 Å². The molecule has 1 aromatic heterocycles. The van der Waals surface area contributed by atoms with Crippen molar-refractivity contribution in [3.8, 4) is 0 Å². The lowest BCUT2D eigenvalue weighted by molar-refractivity contribution is -0.119. The molecule has 2 N–H and O–H groups in total. The van der Waals surface area contributed by atoms with Crippen LogP contribution in [0.5, 0.6) is 0 Å². The molecular formula is C21H28N4O2S. The summed E-state index contributed by atoms with van der Waals surface area (Å²) in [7, 11) is 0. The molecule has 0 bridgehead atoms. The number of fused-ring (bicyclic) bond motifs is 1. The molecule has 1 aromatic carbocycles. The first-order valence-electron chi connectivity index (χ1n) is 10.3. The average molecular weight is 401 g/mol. The highest BCUT2D eigenvalue weighted by Gasteiger charge is 2.18. The van der Waals surface area contributed by atoms with Crippen molar-refractivity contribution in [1.82, 2.24) is 15.3 Å². The second-order valence-electron chi connectivity index (χ2n) is 7.58. The van der Waals surface area contributed by atoms with Crippen LogP contribution < -0.4 is 10.6 Å². The third kappa shape index (κ3) is 5.14. The van der Waals surface area contributed by atoms with Crippen molar-refractivity contribution in [3.63, 3.8) is 0 Å². The number of benzene rings is 1. The first kappa shape index (κ1) is 19.5. The van der Waals surface area contributed by atoms with Crippen molar-refractivity contribution in [1.29, 1.82) is 0 Å². The molecule has 0 radical (unpaired) electrons. The summed E-state index contributed by atoms with van der Waals surface area (Å²) in [4.78, 5) is 21.6. The van der Waals surface area contributed by atoms with E-state index in [1.807, 2.05) is 24.3 Å². The van der Waals surface area contributed by atoms with Gasteiger partial charge < -0.3 is 15.4 Å². The first-order valence-corrected chi connectivity index (χ1v) is 11.3. The number of carbonyl (C=O) groups is 1. The molecule has 6 nitrogen and oxygen atoms in total. The van der Waals surface area contributed by atoms with Crippen LogP contribution in [0.1, 0.15) is 44.9 Å². The zero-order valence-corrected chi connectivity index (χ0v) is 17.0. The fraction of sp³-hybridized carbons (Fsp3) is 0.571. The van der Waals surface area contributed by atoms with E-state index in [1.165, 1.54) is 31.0 Å². The number of anilines is 1. The van der Waals surface area contributed by atoms with Crippen LogP contribution in [0.25, 0.3) is 10.9 Å². The summed E-state index contributed by atoms with van der Waals surface area (Å²) in [6.45, 7) is 1.58. The molecule has 1 saturated heterocycles. The molecule has 1 saturated carbocycles. The topological polar surface area (TPSA) is 76.1 Å². The zero-order chi connectivity index (χ0) is 19.2. The van der Waals surface area contributed by atoms with Crippen molar-refractivity contribution in [2.24, 2.45) is 0 Å². The maximum atomic E-state index is 12.3. The molecule has 2 aromatic rings. The summed E-state index contributed by atoms with van der Waals surface area (Å²) in [5.41, 5.74) is 0.891. The Morgan fingerprint density at radius 2 is 1.96 bits per heavy atom. The number of hydrogen-bond acceptors (Lipinski definition) is 6. The van der Waals surface area contributed by atoms with E-state index in [4.69, 9.17) is 4.74 Å². The van der Waals surface area contributed by atoms with Gasteiger partial charge in [-0.05, 0) is 37.8 Å². The molecule has 7 heteroatoms. The summed E-state index contributed by atoms with van der Waals surface area (Å²) in [6, 6.07) is 8.32. The van der Waals surface area contributed by atoms with Crippen molar-refractivity contribution in [2.75, 3.05) is 24.2 Å². The molecule has 2 aliphatic rings. The van der Waals surface area contributed by atoms with Crippen molar-refractivity contribution < 1.29 is 9.53 Å². The van der Waals surface area contributed by atoms with E-state index in [9.17, 15) is 4.79 Å². The number of nitrogens with zero attached hydrogens (tertiary/aromatic N) is 2. The van der Waals surface area contributed by atoms with Gasteiger partial charge in [-0.2, -0.15) is 0 Å². The minimum atomic E-state index is 0.0718. The molecular weight excluding hydrogens is 372 g/mol. The lowest BCUT2D eigenvalue weighted by Crippen LogP contribution is -2.37. The Bertz CT molecular complexity index is 804. The van der Waals surface area contributed by atoms with Crippen LogP contribution >= 0.6 is 11.8 Å². The van der Waals surface area contributed by atoms with Gasteiger partial charge in [-0.1, -0.05) is 43.2 Å². The van der Waals surface area contributed by atoms with Crippen LogP contribution in [0.15, 0.2) is 29.4 Å². The second kappa shape index (κ2) is 9.56. The fourth-order valence-corrected chi connectivity index (χ4v) is 4.58. The van der Waals surface area contributed by atoms with E-state index in [2.05, 4.69) is 20.6 Å². The molecule has 4 rings (SSSR count). The highest BCUT2D eigenvalue weighted by molar-refractivity contribution is 7.99. The Morgan fingerprint density at radius 3 is 2.79 bits per heavy atom. The van der Waals surface area contributed by atoms with E-state index in [0.717, 1.165) is 55.6 Å². The minimum absolute atomic E-state index is 0.0718. The number of ether oxygens (including phenoxy) is 1. The summed E-state index contributed by atoms with van der Waals surface area (Å²) in [5.74, 6) is 1.24. The van der Waals surface area contributed by atoms with E-state index in [0.29, 0.717) is 17.0 Å². The molecule has 1 aliphatic carbocycles. The SMILES string of the molecule is O=C(CSc1nc(NC[C@@H]2CCCO2)c2ccccc2n1)NC1CCCCC1. The molecule has 0 spiro atoms. The number of thioether (sulfide) groups is 1. The van der Waals surface area contributed by atoms with Gasteiger partial charge in [0.15, 0.2) is 5.16 Å². The maximum Gasteiger partial charge on any atom is 0.230 e. The highest BCUT2D eigenvalue weighted by Crippen LogP contribution is 2.25. The Labute approximate surface area is 170 Å².